The quantitative estimate of drug-likeness (QED) is 0.194. The Morgan fingerprint density at radius 1 is 0.810 bits per heavy atom. The van der Waals surface area contributed by atoms with Gasteiger partial charge in [0.15, 0.2) is 11.6 Å². The fraction of sp³-hybridized carbons (Fsp3) is 0.167. The summed E-state index contributed by atoms with van der Waals surface area (Å²) in [5.74, 6) is -6.79. The zero-order chi connectivity index (χ0) is 30.7. The van der Waals surface area contributed by atoms with E-state index in [9.17, 15) is 39.9 Å². The molecule has 4 aromatic rings. The number of rotatable bonds is 10. The predicted octanol–water partition coefficient (Wildman–Crippen LogP) is 7.40. The fourth-order valence-corrected chi connectivity index (χ4v) is 4.39. The van der Waals surface area contributed by atoms with Crippen molar-refractivity contribution in [3.05, 3.63) is 130 Å². The SMILES string of the molecule is COc1cc([C@@](Cc2ccccc2)(NC(=O)c2ccc(F)cc2F)c2cc(F)cc(OC(F)(F)C(F)F)c2)ccc1F. The Hall–Kier alpha value is -4.61. The van der Waals surface area contributed by atoms with Gasteiger partial charge in [0.2, 0.25) is 0 Å². The van der Waals surface area contributed by atoms with Gasteiger partial charge in [0.05, 0.1) is 18.2 Å². The summed E-state index contributed by atoms with van der Waals surface area (Å²) in [6.07, 6.45) is -9.56. The number of nitrogens with one attached hydrogen (secondary N) is 1. The Balaban J connectivity index is 2.00. The molecule has 1 atom stereocenters. The van der Waals surface area contributed by atoms with E-state index in [1.54, 1.807) is 30.3 Å². The minimum absolute atomic E-state index is 0.00218. The number of benzene rings is 4. The molecule has 220 valence electrons. The van der Waals surface area contributed by atoms with Gasteiger partial charge in [-0.3, -0.25) is 4.79 Å². The van der Waals surface area contributed by atoms with Crippen LogP contribution in [-0.2, 0) is 12.0 Å². The van der Waals surface area contributed by atoms with Gasteiger partial charge in [-0.15, -0.1) is 0 Å². The molecule has 4 nitrogen and oxygen atoms in total. The first-order chi connectivity index (χ1) is 19.8. The van der Waals surface area contributed by atoms with Crippen LogP contribution in [0.2, 0.25) is 0 Å². The van der Waals surface area contributed by atoms with Crippen LogP contribution in [0.5, 0.6) is 11.5 Å². The molecule has 0 saturated carbocycles. The van der Waals surface area contributed by atoms with Crippen LogP contribution in [0.15, 0.2) is 84.9 Å². The predicted molar refractivity (Wildman–Crippen MR) is 136 cm³/mol. The average Bonchev–Trinajstić information content (AvgIpc) is 2.92. The van der Waals surface area contributed by atoms with Gasteiger partial charge < -0.3 is 14.8 Å². The molecule has 0 aromatic heterocycles. The zero-order valence-electron chi connectivity index (χ0n) is 21.6. The van der Waals surface area contributed by atoms with Crippen molar-refractivity contribution in [3.63, 3.8) is 0 Å². The first-order valence-corrected chi connectivity index (χ1v) is 12.2. The Labute approximate surface area is 234 Å². The second-order valence-corrected chi connectivity index (χ2v) is 9.14. The average molecular weight is 595 g/mol. The maximum atomic E-state index is 15.0. The summed E-state index contributed by atoms with van der Waals surface area (Å²) >= 11 is 0. The second-order valence-electron chi connectivity index (χ2n) is 9.14. The number of halogens is 8. The van der Waals surface area contributed by atoms with Gasteiger partial charge in [-0.2, -0.15) is 17.6 Å². The number of amides is 1. The highest BCUT2D eigenvalue weighted by molar-refractivity contribution is 5.95. The van der Waals surface area contributed by atoms with Gasteiger partial charge >= 0.3 is 12.5 Å². The molecule has 42 heavy (non-hydrogen) atoms. The molecule has 0 saturated heterocycles. The molecule has 0 aliphatic heterocycles. The highest BCUT2D eigenvalue weighted by Crippen LogP contribution is 2.39. The van der Waals surface area contributed by atoms with Crippen molar-refractivity contribution in [2.45, 2.75) is 24.5 Å². The van der Waals surface area contributed by atoms with E-state index >= 15 is 0 Å². The van der Waals surface area contributed by atoms with Gasteiger partial charge in [-0.1, -0.05) is 36.4 Å². The Morgan fingerprint density at radius 3 is 2.17 bits per heavy atom. The molecule has 0 aliphatic rings. The molecule has 0 bridgehead atoms. The highest BCUT2D eigenvalue weighted by atomic mass is 19.3. The number of hydrogen-bond acceptors (Lipinski definition) is 3. The fourth-order valence-electron chi connectivity index (χ4n) is 4.39. The van der Waals surface area contributed by atoms with E-state index in [0.29, 0.717) is 17.7 Å². The number of alkyl halides is 4. The molecule has 4 rings (SSSR count). The molecule has 0 fully saturated rings. The Kier molecular flexibility index (Phi) is 8.74. The van der Waals surface area contributed by atoms with E-state index in [1.807, 2.05) is 0 Å². The van der Waals surface area contributed by atoms with Crippen LogP contribution in [0.3, 0.4) is 0 Å². The van der Waals surface area contributed by atoms with E-state index in [4.69, 9.17) is 4.74 Å². The third-order valence-electron chi connectivity index (χ3n) is 6.33. The normalized spacial score (nSPS) is 13.0. The minimum atomic E-state index is -5.01. The van der Waals surface area contributed by atoms with Crippen molar-refractivity contribution < 1.29 is 49.4 Å². The van der Waals surface area contributed by atoms with Crippen LogP contribution >= 0.6 is 0 Å². The third-order valence-corrected chi connectivity index (χ3v) is 6.33. The van der Waals surface area contributed by atoms with Crippen molar-refractivity contribution in [2.24, 2.45) is 0 Å². The molecule has 4 aromatic carbocycles. The monoisotopic (exact) mass is 595 g/mol. The first kappa shape index (κ1) is 30.4. The van der Waals surface area contributed by atoms with E-state index in [0.717, 1.165) is 43.5 Å². The summed E-state index contributed by atoms with van der Waals surface area (Å²) < 4.78 is 120. The van der Waals surface area contributed by atoms with Crippen molar-refractivity contribution in [3.8, 4) is 11.5 Å². The maximum absolute atomic E-state index is 15.0. The lowest BCUT2D eigenvalue weighted by atomic mass is 9.77. The van der Waals surface area contributed by atoms with Crippen LogP contribution in [0.1, 0.15) is 27.0 Å². The second kappa shape index (κ2) is 12.1. The third kappa shape index (κ3) is 6.48. The topological polar surface area (TPSA) is 47.6 Å². The lowest BCUT2D eigenvalue weighted by Gasteiger charge is -2.37. The molecule has 0 radical (unpaired) electrons. The summed E-state index contributed by atoms with van der Waals surface area (Å²) in [6.45, 7) is 0. The van der Waals surface area contributed by atoms with Gasteiger partial charge in [0.1, 0.15) is 23.2 Å². The van der Waals surface area contributed by atoms with Crippen molar-refractivity contribution in [1.29, 1.82) is 0 Å². The van der Waals surface area contributed by atoms with Crippen molar-refractivity contribution in [1.82, 2.24) is 5.32 Å². The van der Waals surface area contributed by atoms with Crippen molar-refractivity contribution >= 4 is 5.91 Å². The van der Waals surface area contributed by atoms with E-state index in [1.165, 1.54) is 6.07 Å². The van der Waals surface area contributed by atoms with Gasteiger partial charge in [-0.25, -0.2) is 17.6 Å². The molecule has 0 unspecified atom stereocenters. The molecular formula is C30H21F8NO3. The molecule has 0 spiro atoms. The first-order valence-electron chi connectivity index (χ1n) is 12.2. The molecule has 12 heteroatoms. The number of carbonyl (C=O) groups is 1. The van der Waals surface area contributed by atoms with Crippen LogP contribution < -0.4 is 14.8 Å². The molecule has 1 amide bonds. The van der Waals surface area contributed by atoms with E-state index in [2.05, 4.69) is 10.1 Å². The summed E-state index contributed by atoms with van der Waals surface area (Å²) in [5, 5.41) is 2.56. The number of methoxy groups -OCH3 is 1. The van der Waals surface area contributed by atoms with Crippen LogP contribution in [0.25, 0.3) is 0 Å². The molecule has 1 N–H and O–H groups in total. The van der Waals surface area contributed by atoms with Gasteiger partial charge in [0.25, 0.3) is 5.91 Å². The summed E-state index contributed by atoms with van der Waals surface area (Å²) in [6, 6.07) is 15.5. The lowest BCUT2D eigenvalue weighted by molar-refractivity contribution is -0.253. The van der Waals surface area contributed by atoms with Gasteiger partial charge in [0, 0.05) is 18.6 Å². The Bertz CT molecular complexity index is 1580. The summed E-state index contributed by atoms with van der Waals surface area (Å²) in [5.41, 5.74) is -2.53. The maximum Gasteiger partial charge on any atom is 0.461 e. The number of hydrogen-bond donors (Lipinski definition) is 1. The number of ether oxygens (including phenoxy) is 2. The van der Waals surface area contributed by atoms with E-state index < -0.39 is 58.6 Å². The van der Waals surface area contributed by atoms with Crippen LogP contribution in [0.4, 0.5) is 35.1 Å². The zero-order valence-corrected chi connectivity index (χ0v) is 21.6. The van der Waals surface area contributed by atoms with Crippen LogP contribution in [-0.4, -0.2) is 25.6 Å². The molecular weight excluding hydrogens is 574 g/mol. The summed E-state index contributed by atoms with van der Waals surface area (Å²) in [4.78, 5) is 13.5. The minimum Gasteiger partial charge on any atom is -0.494 e. The van der Waals surface area contributed by atoms with E-state index in [-0.39, 0.29) is 23.3 Å². The molecule has 0 aliphatic carbocycles. The van der Waals surface area contributed by atoms with Crippen molar-refractivity contribution in [2.75, 3.05) is 7.11 Å². The lowest BCUT2D eigenvalue weighted by Crippen LogP contribution is -2.49. The largest absolute Gasteiger partial charge is 0.494 e. The standard InChI is InChI=1S/C30H21F8NO3/c1-41-26-13-18(7-10-24(26)33)29(16-17-5-3-2-4-6-17,39-27(40)23-9-8-20(31)15-25(23)34)19-11-21(32)14-22(12-19)42-30(37,38)28(35)36/h2-15,28H,16H2,1H3,(H,39,40)/t29-/m1/s1. The Morgan fingerprint density at radius 2 is 1.52 bits per heavy atom. The summed E-state index contributed by atoms with van der Waals surface area (Å²) in [7, 11) is 1.15. The van der Waals surface area contributed by atoms with Gasteiger partial charge in [-0.05, 0) is 53.1 Å². The number of carbonyl (C=O) groups excluding carboxylic acids is 1. The highest BCUT2D eigenvalue weighted by Gasteiger charge is 2.45. The molecule has 0 heterocycles. The smallest absolute Gasteiger partial charge is 0.461 e. The van der Waals surface area contributed by atoms with Crippen LogP contribution in [0, 0.1) is 23.3 Å².